The van der Waals surface area contributed by atoms with Crippen LogP contribution in [0.1, 0.15) is 31.9 Å². The van der Waals surface area contributed by atoms with Gasteiger partial charge in [-0.05, 0) is 45.4 Å². The van der Waals surface area contributed by atoms with Crippen LogP contribution in [-0.4, -0.2) is 63.2 Å². The second kappa shape index (κ2) is 9.38. The number of nitrogens with zero attached hydrogens (tertiary/aromatic N) is 2. The number of hydrogen-bond donors (Lipinski definition) is 3. The molecule has 0 spiro atoms. The minimum Gasteiger partial charge on any atom is -0.480 e. The molecule has 0 aliphatic rings. The summed E-state index contributed by atoms with van der Waals surface area (Å²) >= 11 is 0. The van der Waals surface area contributed by atoms with Gasteiger partial charge in [-0.15, -0.1) is 0 Å². The number of aliphatic carboxylic acids is 1. The van der Waals surface area contributed by atoms with E-state index in [4.69, 9.17) is 9.84 Å². The quantitative estimate of drug-likeness (QED) is 0.613. The average molecular weight is 418 g/mol. The number of carboxylic acids is 1. The van der Waals surface area contributed by atoms with Crippen molar-refractivity contribution in [2.75, 3.05) is 19.6 Å². The van der Waals surface area contributed by atoms with Gasteiger partial charge in [-0.1, -0.05) is 0 Å². The van der Waals surface area contributed by atoms with Crippen LogP contribution >= 0.6 is 0 Å². The Labute approximate surface area is 173 Å². The molecule has 3 N–H and O–H groups in total. The molecule has 2 amide bonds. The van der Waals surface area contributed by atoms with Gasteiger partial charge in [-0.2, -0.15) is 0 Å². The molecule has 0 bridgehead atoms. The van der Waals surface area contributed by atoms with Crippen molar-refractivity contribution in [2.24, 2.45) is 0 Å². The van der Waals surface area contributed by atoms with E-state index in [1.807, 2.05) is 6.92 Å². The highest BCUT2D eigenvalue weighted by Gasteiger charge is 2.20. The summed E-state index contributed by atoms with van der Waals surface area (Å²) in [5.41, 5.74) is 0.370. The third kappa shape index (κ3) is 6.57. The number of alkyl carbamates (subject to hydrolysis) is 1. The van der Waals surface area contributed by atoms with Crippen LogP contribution in [0.15, 0.2) is 23.1 Å². The number of ether oxygens (including phenoxy) is 1. The fourth-order valence-electron chi connectivity index (χ4n) is 2.75. The minimum atomic E-state index is -1.20. The fraction of sp³-hybridized carbons (Fsp3) is 0.450. The zero-order valence-electron chi connectivity index (χ0n) is 17.4. The number of pyridine rings is 2. The van der Waals surface area contributed by atoms with E-state index < -0.39 is 35.7 Å². The molecule has 10 heteroatoms. The second-order valence-corrected chi connectivity index (χ2v) is 7.83. The monoisotopic (exact) mass is 418 g/mol. The lowest BCUT2D eigenvalue weighted by Crippen LogP contribution is -2.43. The SMILES string of the molecule is Cc1ccnc2[nH]c(=O)c(CC(=O)N(CCNC(=O)OC(C)(C)C)CC(=O)O)cc12. The van der Waals surface area contributed by atoms with Crippen molar-refractivity contribution in [1.82, 2.24) is 20.2 Å². The first-order valence-corrected chi connectivity index (χ1v) is 9.40. The predicted octanol–water partition coefficient (Wildman–Crippen LogP) is 1.21. The van der Waals surface area contributed by atoms with Crippen molar-refractivity contribution < 1.29 is 24.2 Å². The van der Waals surface area contributed by atoms with E-state index in [0.717, 1.165) is 10.5 Å². The van der Waals surface area contributed by atoms with Crippen LogP contribution in [-0.2, 0) is 20.7 Å². The van der Waals surface area contributed by atoms with Gasteiger partial charge in [0, 0.05) is 30.2 Å². The van der Waals surface area contributed by atoms with Crippen molar-refractivity contribution in [3.05, 3.63) is 39.8 Å². The topological polar surface area (TPSA) is 142 Å². The first kappa shape index (κ1) is 22.9. The molecule has 0 aliphatic carbocycles. The van der Waals surface area contributed by atoms with E-state index >= 15 is 0 Å². The maximum atomic E-state index is 12.7. The molecule has 0 fully saturated rings. The van der Waals surface area contributed by atoms with Crippen molar-refractivity contribution >= 4 is 29.0 Å². The van der Waals surface area contributed by atoms with E-state index in [0.29, 0.717) is 11.0 Å². The molecule has 0 aliphatic heterocycles. The molecule has 0 saturated carbocycles. The molecular formula is C20H26N4O6. The average Bonchev–Trinajstić information content (AvgIpc) is 2.60. The van der Waals surface area contributed by atoms with E-state index in [2.05, 4.69) is 15.3 Å². The number of aromatic nitrogens is 2. The van der Waals surface area contributed by atoms with Crippen LogP contribution in [0.3, 0.4) is 0 Å². The van der Waals surface area contributed by atoms with Gasteiger partial charge in [0.2, 0.25) is 5.91 Å². The Morgan fingerprint density at radius 2 is 2.00 bits per heavy atom. The predicted molar refractivity (Wildman–Crippen MR) is 109 cm³/mol. The van der Waals surface area contributed by atoms with E-state index in [-0.39, 0.29) is 25.1 Å². The summed E-state index contributed by atoms with van der Waals surface area (Å²) in [6.45, 7) is 6.40. The molecule has 0 atom stereocenters. The number of H-pyrrole nitrogens is 1. The molecule has 0 saturated heterocycles. The second-order valence-electron chi connectivity index (χ2n) is 7.83. The zero-order valence-corrected chi connectivity index (χ0v) is 17.4. The molecule has 0 radical (unpaired) electrons. The van der Waals surface area contributed by atoms with E-state index in [1.54, 1.807) is 39.1 Å². The van der Waals surface area contributed by atoms with Crippen molar-refractivity contribution in [3.8, 4) is 0 Å². The lowest BCUT2D eigenvalue weighted by atomic mass is 10.1. The summed E-state index contributed by atoms with van der Waals surface area (Å²) in [5.74, 6) is -1.75. The van der Waals surface area contributed by atoms with Crippen LogP contribution in [0.2, 0.25) is 0 Å². The first-order valence-electron chi connectivity index (χ1n) is 9.40. The highest BCUT2D eigenvalue weighted by atomic mass is 16.6. The maximum absolute atomic E-state index is 12.7. The van der Waals surface area contributed by atoms with Crippen molar-refractivity contribution in [3.63, 3.8) is 0 Å². The largest absolute Gasteiger partial charge is 0.480 e. The van der Waals surface area contributed by atoms with Crippen LogP contribution in [0.5, 0.6) is 0 Å². The standard InChI is InChI=1S/C20H26N4O6/c1-12-5-6-21-17-14(12)9-13(18(28)23-17)10-15(25)24(11-16(26)27)8-7-22-19(29)30-20(2,3)4/h5-6,9H,7-8,10-11H2,1-4H3,(H,22,29)(H,26,27)(H,21,23,28). The number of hydrogen-bond acceptors (Lipinski definition) is 6. The summed E-state index contributed by atoms with van der Waals surface area (Å²) in [6.07, 6.45) is 0.628. The number of carbonyl (C=O) groups is 3. The number of fused-ring (bicyclic) bond motifs is 1. The van der Waals surface area contributed by atoms with Gasteiger partial charge in [0.1, 0.15) is 17.8 Å². The first-order chi connectivity index (χ1) is 14.0. The Hall–Kier alpha value is -3.43. The molecule has 2 heterocycles. The summed E-state index contributed by atoms with van der Waals surface area (Å²) in [6, 6.07) is 3.37. The highest BCUT2D eigenvalue weighted by molar-refractivity contribution is 5.85. The van der Waals surface area contributed by atoms with Gasteiger partial charge in [0.05, 0.1) is 6.42 Å². The smallest absolute Gasteiger partial charge is 0.407 e. The summed E-state index contributed by atoms with van der Waals surface area (Å²) in [7, 11) is 0. The number of amides is 2. The molecular weight excluding hydrogens is 392 g/mol. The summed E-state index contributed by atoms with van der Waals surface area (Å²) < 4.78 is 5.10. The van der Waals surface area contributed by atoms with Crippen LogP contribution in [0.4, 0.5) is 4.79 Å². The van der Waals surface area contributed by atoms with Crippen LogP contribution in [0.25, 0.3) is 11.0 Å². The molecule has 0 aromatic carbocycles. The van der Waals surface area contributed by atoms with E-state index in [9.17, 15) is 19.2 Å². The van der Waals surface area contributed by atoms with Crippen molar-refractivity contribution in [2.45, 2.75) is 39.7 Å². The normalized spacial score (nSPS) is 11.2. The molecule has 2 aromatic rings. The molecule has 2 rings (SSSR count). The lowest BCUT2D eigenvalue weighted by molar-refractivity contribution is -0.144. The Balaban J connectivity index is 2.10. The Bertz CT molecular complexity index is 1010. The Morgan fingerprint density at radius 1 is 1.30 bits per heavy atom. The lowest BCUT2D eigenvalue weighted by Gasteiger charge is -2.23. The van der Waals surface area contributed by atoms with E-state index in [1.165, 1.54) is 0 Å². The van der Waals surface area contributed by atoms with Gasteiger partial charge in [0.25, 0.3) is 5.56 Å². The summed E-state index contributed by atoms with van der Waals surface area (Å²) in [4.78, 5) is 55.7. The minimum absolute atomic E-state index is 0.00500. The third-order valence-corrected chi connectivity index (χ3v) is 4.12. The fourth-order valence-corrected chi connectivity index (χ4v) is 2.75. The highest BCUT2D eigenvalue weighted by Crippen LogP contribution is 2.14. The van der Waals surface area contributed by atoms with Crippen LogP contribution < -0.4 is 10.9 Å². The molecule has 0 unspecified atom stereocenters. The molecule has 30 heavy (non-hydrogen) atoms. The van der Waals surface area contributed by atoms with Gasteiger partial charge < -0.3 is 25.0 Å². The number of nitrogens with one attached hydrogen (secondary N) is 2. The van der Waals surface area contributed by atoms with Gasteiger partial charge in [-0.3, -0.25) is 14.4 Å². The molecule has 162 valence electrons. The number of carbonyl (C=O) groups excluding carboxylic acids is 2. The molecule has 10 nitrogen and oxygen atoms in total. The van der Waals surface area contributed by atoms with Crippen LogP contribution in [0, 0.1) is 6.92 Å². The van der Waals surface area contributed by atoms with Gasteiger partial charge >= 0.3 is 12.1 Å². The van der Waals surface area contributed by atoms with Gasteiger partial charge in [-0.25, -0.2) is 9.78 Å². The van der Waals surface area contributed by atoms with Gasteiger partial charge in [0.15, 0.2) is 0 Å². The Kier molecular flexibility index (Phi) is 7.14. The summed E-state index contributed by atoms with van der Waals surface area (Å²) in [5, 5.41) is 12.3. The maximum Gasteiger partial charge on any atom is 0.407 e. The number of aryl methyl sites for hydroxylation is 1. The molecule has 2 aromatic heterocycles. The number of aromatic amines is 1. The zero-order chi connectivity index (χ0) is 22.5. The third-order valence-electron chi connectivity index (χ3n) is 4.12. The van der Waals surface area contributed by atoms with Crippen molar-refractivity contribution in [1.29, 1.82) is 0 Å². The Morgan fingerprint density at radius 3 is 2.63 bits per heavy atom. The number of carboxylic acid groups (broad SMARTS) is 1. The number of rotatable bonds is 7.